The zero-order chi connectivity index (χ0) is 29.5. The lowest BCUT2D eigenvalue weighted by Crippen LogP contribution is -2.42. The van der Waals surface area contributed by atoms with Crippen LogP contribution in [0.1, 0.15) is 75.5 Å². The van der Waals surface area contributed by atoms with E-state index in [-0.39, 0.29) is 57.1 Å². The summed E-state index contributed by atoms with van der Waals surface area (Å²) in [6, 6.07) is 9.58. The first kappa shape index (κ1) is 29.7. The number of benzene rings is 2. The molecule has 9 heteroatoms. The van der Waals surface area contributed by atoms with Crippen molar-refractivity contribution in [2.24, 2.45) is 17.3 Å². The molecule has 5 rings (SSSR count). The molecule has 0 unspecified atom stereocenters. The molecule has 0 bridgehead atoms. The van der Waals surface area contributed by atoms with Gasteiger partial charge in [0.2, 0.25) is 11.8 Å². The van der Waals surface area contributed by atoms with Crippen LogP contribution in [-0.4, -0.2) is 41.6 Å². The fourth-order valence-electron chi connectivity index (χ4n) is 6.87. The number of halogens is 3. The Morgan fingerprint density at radius 2 is 1.78 bits per heavy atom. The van der Waals surface area contributed by atoms with Gasteiger partial charge in [-0.15, -0.1) is 0 Å². The Bertz CT molecular complexity index is 1370. The third-order valence-corrected chi connectivity index (χ3v) is 10.2. The number of anilines is 1. The molecule has 2 aliphatic carbocycles. The summed E-state index contributed by atoms with van der Waals surface area (Å²) >= 11 is 12.8. The van der Waals surface area contributed by atoms with Crippen molar-refractivity contribution in [2.75, 3.05) is 11.4 Å². The Morgan fingerprint density at radius 3 is 2.46 bits per heavy atom. The van der Waals surface area contributed by atoms with Crippen molar-refractivity contribution in [3.05, 3.63) is 63.4 Å². The molecule has 0 radical (unpaired) electrons. The van der Waals surface area contributed by atoms with Crippen molar-refractivity contribution in [1.29, 1.82) is 0 Å². The third kappa shape index (κ3) is 5.94. The van der Waals surface area contributed by atoms with E-state index in [0.29, 0.717) is 25.8 Å². The Kier molecular flexibility index (Phi) is 8.58. The highest BCUT2D eigenvalue weighted by atomic mass is 35.5. The predicted molar refractivity (Wildman–Crippen MR) is 159 cm³/mol. The van der Waals surface area contributed by atoms with Gasteiger partial charge in [-0.05, 0) is 55.9 Å². The topological polar surface area (TPSA) is 69.5 Å². The molecule has 2 aromatic carbocycles. The van der Waals surface area contributed by atoms with Gasteiger partial charge in [0.1, 0.15) is 18.5 Å². The molecule has 0 spiro atoms. The van der Waals surface area contributed by atoms with Gasteiger partial charge in [0.05, 0.1) is 16.1 Å². The molecule has 3 fully saturated rings. The molecule has 2 saturated carbocycles. The van der Waals surface area contributed by atoms with Gasteiger partial charge in [0.25, 0.3) is 0 Å². The molecule has 3 aliphatic rings. The van der Waals surface area contributed by atoms with E-state index in [2.05, 4.69) is 19.0 Å². The summed E-state index contributed by atoms with van der Waals surface area (Å²) in [5, 5.41) is 3.53. The first-order valence-corrected chi connectivity index (χ1v) is 15.2. The molecule has 3 amide bonds. The SMILES string of the molecule is C=[N+](C(=O)[C@@H]1CC(=O)N(c2ccc(C)cc2)C1)[C@@H]1CC[C@H](C(=O)N[C@H](c2c(F)ccc(Cl)c2Cl)C2(C)CCCC2)C1. The molecule has 0 aromatic heterocycles. The summed E-state index contributed by atoms with van der Waals surface area (Å²) in [4.78, 5) is 41.4. The highest BCUT2D eigenvalue weighted by Gasteiger charge is 2.46. The van der Waals surface area contributed by atoms with Gasteiger partial charge in [0, 0.05) is 43.0 Å². The molecule has 4 atom stereocenters. The smallest absolute Gasteiger partial charge is 0.348 e. The average Bonchev–Trinajstić information content (AvgIpc) is 3.71. The third-order valence-electron chi connectivity index (χ3n) is 9.42. The second-order valence-electron chi connectivity index (χ2n) is 12.3. The molecule has 1 aliphatic heterocycles. The molecule has 2 aromatic rings. The highest BCUT2D eigenvalue weighted by Crippen LogP contribution is 2.50. The van der Waals surface area contributed by atoms with E-state index in [1.54, 1.807) is 4.90 Å². The van der Waals surface area contributed by atoms with Crippen molar-refractivity contribution in [2.45, 2.75) is 77.3 Å². The number of nitrogens with zero attached hydrogens (tertiary/aromatic N) is 2. The number of nitrogens with one attached hydrogen (secondary N) is 1. The first-order chi connectivity index (χ1) is 19.5. The number of hydrogen-bond acceptors (Lipinski definition) is 3. The Morgan fingerprint density at radius 1 is 1.10 bits per heavy atom. The second-order valence-corrected chi connectivity index (χ2v) is 13.1. The van der Waals surface area contributed by atoms with Gasteiger partial charge in [-0.25, -0.2) is 9.18 Å². The van der Waals surface area contributed by atoms with Crippen LogP contribution in [0.2, 0.25) is 10.0 Å². The number of carbonyl (C=O) groups excluding carboxylic acids is 3. The normalized spacial score (nSPS) is 24.5. The zero-order valence-electron chi connectivity index (χ0n) is 23.6. The fraction of sp³-hybridized carbons (Fsp3) is 0.500. The number of amides is 3. The maximum Gasteiger partial charge on any atom is 0.392 e. The van der Waals surface area contributed by atoms with E-state index < -0.39 is 17.8 Å². The summed E-state index contributed by atoms with van der Waals surface area (Å²) in [6.45, 7) is 8.42. The summed E-state index contributed by atoms with van der Waals surface area (Å²) in [7, 11) is 0. The van der Waals surface area contributed by atoms with Crippen LogP contribution in [0, 0.1) is 30.0 Å². The van der Waals surface area contributed by atoms with Crippen LogP contribution in [0.25, 0.3) is 0 Å². The molecular weight excluding hydrogens is 564 g/mol. The Labute approximate surface area is 250 Å². The van der Waals surface area contributed by atoms with Crippen LogP contribution in [0.5, 0.6) is 0 Å². The van der Waals surface area contributed by atoms with E-state index in [0.717, 1.165) is 36.9 Å². The minimum absolute atomic E-state index is 0.0809. The van der Waals surface area contributed by atoms with Crippen molar-refractivity contribution in [3.63, 3.8) is 0 Å². The van der Waals surface area contributed by atoms with E-state index in [9.17, 15) is 14.4 Å². The molecule has 41 heavy (non-hydrogen) atoms. The van der Waals surface area contributed by atoms with Gasteiger partial charge in [-0.3, -0.25) is 9.59 Å². The minimum Gasteiger partial charge on any atom is -0.348 e. The van der Waals surface area contributed by atoms with Crippen LogP contribution < -0.4 is 10.2 Å². The molecule has 1 saturated heterocycles. The highest BCUT2D eigenvalue weighted by molar-refractivity contribution is 6.42. The van der Waals surface area contributed by atoms with Gasteiger partial charge < -0.3 is 10.2 Å². The minimum atomic E-state index is -0.613. The van der Waals surface area contributed by atoms with Crippen LogP contribution >= 0.6 is 23.2 Å². The summed E-state index contributed by atoms with van der Waals surface area (Å²) in [5.74, 6) is -1.75. The van der Waals surface area contributed by atoms with Crippen LogP contribution in [0.15, 0.2) is 36.4 Å². The van der Waals surface area contributed by atoms with Crippen molar-refractivity contribution < 1.29 is 23.3 Å². The second kappa shape index (κ2) is 11.8. The summed E-state index contributed by atoms with van der Waals surface area (Å²) in [5.41, 5.74) is 1.77. The molecule has 218 valence electrons. The zero-order valence-corrected chi connectivity index (χ0v) is 25.1. The summed E-state index contributed by atoms with van der Waals surface area (Å²) < 4.78 is 16.6. The van der Waals surface area contributed by atoms with Crippen molar-refractivity contribution >= 4 is 53.3 Å². The van der Waals surface area contributed by atoms with Crippen molar-refractivity contribution in [1.82, 2.24) is 5.32 Å². The maximum absolute atomic E-state index is 15.1. The van der Waals surface area contributed by atoms with Crippen LogP contribution in [-0.2, 0) is 14.4 Å². The number of carbonyl (C=O) groups is 3. The number of rotatable bonds is 7. The number of hydrogen-bond donors (Lipinski definition) is 1. The first-order valence-electron chi connectivity index (χ1n) is 14.4. The van der Waals surface area contributed by atoms with Gasteiger partial charge >= 0.3 is 5.91 Å². The summed E-state index contributed by atoms with van der Waals surface area (Å²) in [6.07, 6.45) is 5.49. The largest absolute Gasteiger partial charge is 0.392 e. The Balaban J connectivity index is 1.25. The average molecular weight is 602 g/mol. The van der Waals surface area contributed by atoms with Gasteiger partial charge in [0.15, 0.2) is 6.04 Å². The van der Waals surface area contributed by atoms with E-state index in [1.807, 2.05) is 31.2 Å². The lowest BCUT2D eigenvalue weighted by atomic mass is 9.76. The van der Waals surface area contributed by atoms with E-state index in [4.69, 9.17) is 23.2 Å². The maximum atomic E-state index is 15.1. The van der Waals surface area contributed by atoms with E-state index in [1.165, 1.54) is 16.7 Å². The van der Waals surface area contributed by atoms with E-state index >= 15 is 4.39 Å². The molecular formula is C32H37Cl2FN3O3+. The van der Waals surface area contributed by atoms with Crippen molar-refractivity contribution in [3.8, 4) is 0 Å². The molecule has 1 N–H and O–H groups in total. The lowest BCUT2D eigenvalue weighted by Gasteiger charge is -2.36. The quantitative estimate of drug-likeness (QED) is 0.220. The fourth-order valence-corrected chi connectivity index (χ4v) is 7.30. The monoisotopic (exact) mass is 600 g/mol. The Hall–Kier alpha value is -2.77. The van der Waals surface area contributed by atoms with Gasteiger partial charge in [-0.1, -0.05) is 60.7 Å². The van der Waals surface area contributed by atoms with Crippen LogP contribution in [0.3, 0.4) is 0 Å². The molecule has 6 nitrogen and oxygen atoms in total. The van der Waals surface area contributed by atoms with Crippen LogP contribution in [0.4, 0.5) is 10.1 Å². The standard InChI is InChI=1S/C32H36Cl2FN3O3/c1-19-6-9-22(10-7-19)38-18-21(17-26(38)39)31(41)37(3)23-11-8-20(16-23)30(40)36-29(32(2)14-4-5-15-32)27-25(35)13-12-24(33)28(27)34/h6-7,9-10,12-13,20-21,23,29H,3-5,8,11,14-18H2,1-2H3/p+1/t20-,21+,23+,29+/m0/s1. The molecule has 1 heterocycles. The predicted octanol–water partition coefficient (Wildman–Crippen LogP) is 6.64. The van der Waals surface area contributed by atoms with Gasteiger partial charge in [-0.2, -0.15) is 4.58 Å². The lowest BCUT2D eigenvalue weighted by molar-refractivity contribution is -0.483. The number of aryl methyl sites for hydroxylation is 1.